The maximum Gasteiger partial charge on any atom is 0.193 e. The largest absolute Gasteiger partial charge is 0.478 e. The van der Waals surface area contributed by atoms with Gasteiger partial charge in [-0.2, -0.15) is 0 Å². The molecule has 0 spiro atoms. The summed E-state index contributed by atoms with van der Waals surface area (Å²) in [5, 5.41) is 31.5. The SMILES string of the molecule is C=C1C(=CC=C2CCC[C@]3(C)[C@@H]([C@H](C)C=C[C@H](O)C4(C5=N[C@H](CC)CO5)CC4)CC[C@@H]23)C[C@@H](O)C[C@@H]1O. The summed E-state index contributed by atoms with van der Waals surface area (Å²) in [6, 6.07) is 0.244. The highest BCUT2D eigenvalue weighted by molar-refractivity contribution is 5.87. The van der Waals surface area contributed by atoms with Crippen molar-refractivity contribution in [3.63, 3.8) is 0 Å². The van der Waals surface area contributed by atoms with E-state index in [0.29, 0.717) is 37.2 Å². The molecule has 0 saturated heterocycles. The van der Waals surface area contributed by atoms with E-state index in [4.69, 9.17) is 9.73 Å². The summed E-state index contributed by atoms with van der Waals surface area (Å²) in [4.78, 5) is 4.76. The number of allylic oxidation sites excluding steroid dienone is 4. The molecule has 0 aromatic heterocycles. The van der Waals surface area contributed by atoms with Crippen molar-refractivity contribution >= 4 is 5.90 Å². The topological polar surface area (TPSA) is 82.3 Å². The first-order valence-electron chi connectivity index (χ1n) is 14.7. The van der Waals surface area contributed by atoms with Gasteiger partial charge in [0.25, 0.3) is 0 Å². The Morgan fingerprint density at radius 1 is 1.16 bits per heavy atom. The third kappa shape index (κ3) is 5.04. The molecule has 5 heteroatoms. The van der Waals surface area contributed by atoms with Gasteiger partial charge in [-0.1, -0.05) is 57.2 Å². The quantitative estimate of drug-likeness (QED) is 0.386. The second-order valence-corrected chi connectivity index (χ2v) is 12.8. The minimum absolute atomic E-state index is 0.244. The van der Waals surface area contributed by atoms with Crippen LogP contribution in [0.4, 0.5) is 0 Å². The number of aliphatic imine (C=N–C) groups is 1. The molecular weight excluding hydrogens is 462 g/mol. The molecule has 4 saturated carbocycles. The molecule has 4 aliphatic carbocycles. The van der Waals surface area contributed by atoms with Gasteiger partial charge in [0.15, 0.2) is 5.90 Å². The third-order valence-corrected chi connectivity index (χ3v) is 10.5. The van der Waals surface area contributed by atoms with E-state index in [-0.39, 0.29) is 16.9 Å². The van der Waals surface area contributed by atoms with Crippen LogP contribution < -0.4 is 0 Å². The van der Waals surface area contributed by atoms with Gasteiger partial charge in [0, 0.05) is 6.42 Å². The standard InChI is InChI=1S/C32H47NO4/c1-5-24-19-37-30(33-24)32(15-16-32)29(36)13-8-20(2)26-11-12-27-22(7-6-14-31(26,27)4)9-10-23-17-25(34)18-28(35)21(23)3/h8-10,13,20,24-29,34-36H,3,5-7,11-12,14-19H2,1-2,4H3/t20-,24-,25-,26-,27+,28+,29+,31-/m1/s1. The first-order valence-corrected chi connectivity index (χ1v) is 14.7. The molecule has 1 aliphatic heterocycles. The maximum absolute atomic E-state index is 11.1. The van der Waals surface area contributed by atoms with Crippen LogP contribution in [-0.4, -0.2) is 52.2 Å². The van der Waals surface area contributed by atoms with Crippen molar-refractivity contribution in [1.29, 1.82) is 0 Å². The zero-order valence-electron chi connectivity index (χ0n) is 23.0. The van der Waals surface area contributed by atoms with Crippen LogP contribution in [0.2, 0.25) is 0 Å². The molecule has 4 fully saturated rings. The lowest BCUT2D eigenvalue weighted by Crippen LogP contribution is -2.35. The average Bonchev–Trinajstić information content (AvgIpc) is 3.39. The molecule has 5 aliphatic rings. The lowest BCUT2D eigenvalue weighted by Gasteiger charge is -2.44. The van der Waals surface area contributed by atoms with E-state index in [1.807, 2.05) is 6.08 Å². The predicted octanol–water partition coefficient (Wildman–Crippen LogP) is 5.67. The van der Waals surface area contributed by atoms with E-state index in [1.165, 1.54) is 31.3 Å². The summed E-state index contributed by atoms with van der Waals surface area (Å²) >= 11 is 0. The molecule has 5 nitrogen and oxygen atoms in total. The summed E-state index contributed by atoms with van der Waals surface area (Å²) in [7, 11) is 0. The fourth-order valence-corrected chi connectivity index (χ4v) is 7.87. The first-order chi connectivity index (χ1) is 17.7. The van der Waals surface area contributed by atoms with Crippen molar-refractivity contribution in [3.05, 3.63) is 47.6 Å². The Hall–Kier alpha value is -1.69. The summed E-state index contributed by atoms with van der Waals surface area (Å²) in [5.74, 6) is 2.34. The Morgan fingerprint density at radius 2 is 1.95 bits per heavy atom. The van der Waals surface area contributed by atoms with Gasteiger partial charge in [-0.05, 0) is 92.1 Å². The second-order valence-electron chi connectivity index (χ2n) is 12.8. The third-order valence-electron chi connectivity index (χ3n) is 10.5. The van der Waals surface area contributed by atoms with Crippen molar-refractivity contribution in [3.8, 4) is 0 Å². The fourth-order valence-electron chi connectivity index (χ4n) is 7.87. The zero-order valence-corrected chi connectivity index (χ0v) is 23.0. The summed E-state index contributed by atoms with van der Waals surface area (Å²) in [6.45, 7) is 11.7. The first kappa shape index (κ1) is 26.9. The van der Waals surface area contributed by atoms with Gasteiger partial charge in [-0.3, -0.25) is 0 Å². The van der Waals surface area contributed by atoms with Gasteiger partial charge >= 0.3 is 0 Å². The number of rotatable bonds is 7. The van der Waals surface area contributed by atoms with Gasteiger partial charge < -0.3 is 20.1 Å². The van der Waals surface area contributed by atoms with E-state index in [0.717, 1.165) is 42.7 Å². The van der Waals surface area contributed by atoms with E-state index >= 15 is 0 Å². The van der Waals surface area contributed by atoms with E-state index < -0.39 is 18.3 Å². The van der Waals surface area contributed by atoms with Crippen LogP contribution in [-0.2, 0) is 4.74 Å². The molecule has 8 atom stereocenters. The Morgan fingerprint density at radius 3 is 2.65 bits per heavy atom. The summed E-state index contributed by atoms with van der Waals surface area (Å²) < 4.78 is 5.91. The molecule has 1 heterocycles. The molecule has 0 amide bonds. The monoisotopic (exact) mass is 509 g/mol. The minimum atomic E-state index is -0.640. The highest BCUT2D eigenvalue weighted by Crippen LogP contribution is 2.60. The van der Waals surface area contributed by atoms with Crippen molar-refractivity contribution in [2.24, 2.45) is 33.6 Å². The number of fused-ring (bicyclic) bond motifs is 1. The lowest BCUT2D eigenvalue weighted by molar-refractivity contribution is 0.0862. The molecule has 0 bridgehead atoms. The molecule has 5 rings (SSSR count). The number of hydrogen-bond donors (Lipinski definition) is 3. The fraction of sp³-hybridized carbons (Fsp3) is 0.719. The molecule has 0 radical (unpaired) electrons. The van der Waals surface area contributed by atoms with Crippen LogP contribution >= 0.6 is 0 Å². The van der Waals surface area contributed by atoms with Crippen molar-refractivity contribution in [2.45, 2.75) is 109 Å². The number of nitrogens with zero attached hydrogens (tertiary/aromatic N) is 1. The molecule has 0 aromatic carbocycles. The molecule has 0 unspecified atom stereocenters. The Balaban J connectivity index is 1.27. The van der Waals surface area contributed by atoms with Crippen LogP contribution in [0.1, 0.15) is 85.0 Å². The van der Waals surface area contributed by atoms with Crippen molar-refractivity contribution in [1.82, 2.24) is 0 Å². The van der Waals surface area contributed by atoms with Crippen molar-refractivity contribution < 1.29 is 20.1 Å². The summed E-state index contributed by atoms with van der Waals surface area (Å²) in [5.41, 5.74) is 3.22. The Kier molecular flexibility index (Phi) is 7.61. The van der Waals surface area contributed by atoms with Gasteiger partial charge in [0.1, 0.15) is 6.61 Å². The van der Waals surface area contributed by atoms with E-state index in [1.54, 1.807) is 0 Å². The van der Waals surface area contributed by atoms with E-state index in [2.05, 4.69) is 45.6 Å². The van der Waals surface area contributed by atoms with Crippen LogP contribution in [0, 0.1) is 28.6 Å². The average molecular weight is 510 g/mol. The lowest BCUT2D eigenvalue weighted by atomic mass is 9.61. The number of aliphatic hydroxyl groups is 3. The minimum Gasteiger partial charge on any atom is -0.478 e. The molecule has 3 N–H and O–H groups in total. The molecule has 0 aromatic rings. The maximum atomic E-state index is 11.1. The van der Waals surface area contributed by atoms with Gasteiger partial charge in [0.2, 0.25) is 0 Å². The predicted molar refractivity (Wildman–Crippen MR) is 148 cm³/mol. The zero-order chi connectivity index (χ0) is 26.4. The Bertz CT molecular complexity index is 1000. The van der Waals surface area contributed by atoms with Crippen LogP contribution in [0.5, 0.6) is 0 Å². The van der Waals surface area contributed by atoms with Gasteiger partial charge in [-0.15, -0.1) is 0 Å². The molecule has 37 heavy (non-hydrogen) atoms. The second kappa shape index (κ2) is 10.5. The normalized spacial score (nSPS) is 41.1. The highest BCUT2D eigenvalue weighted by atomic mass is 16.5. The van der Waals surface area contributed by atoms with E-state index in [9.17, 15) is 15.3 Å². The van der Waals surface area contributed by atoms with Gasteiger partial charge in [-0.25, -0.2) is 4.99 Å². The smallest absolute Gasteiger partial charge is 0.193 e. The van der Waals surface area contributed by atoms with Crippen LogP contribution in [0.25, 0.3) is 0 Å². The number of hydrogen-bond acceptors (Lipinski definition) is 5. The van der Waals surface area contributed by atoms with Gasteiger partial charge in [0.05, 0.1) is 29.8 Å². The Labute approximate surface area is 223 Å². The molecular formula is C32H47NO4. The van der Waals surface area contributed by atoms with Crippen LogP contribution in [0.15, 0.2) is 52.6 Å². The number of aliphatic hydroxyl groups excluding tert-OH is 3. The van der Waals surface area contributed by atoms with Crippen LogP contribution in [0.3, 0.4) is 0 Å². The molecule has 204 valence electrons. The summed E-state index contributed by atoms with van der Waals surface area (Å²) in [6.07, 6.45) is 16.9. The van der Waals surface area contributed by atoms with Crippen molar-refractivity contribution in [2.75, 3.05) is 6.61 Å². The number of ether oxygens (including phenoxy) is 1. The highest BCUT2D eigenvalue weighted by Gasteiger charge is 2.56.